The van der Waals surface area contributed by atoms with Crippen molar-refractivity contribution in [1.29, 1.82) is 0 Å². The van der Waals surface area contributed by atoms with Gasteiger partial charge in [0, 0.05) is 50.6 Å². The van der Waals surface area contributed by atoms with Crippen molar-refractivity contribution in [2.24, 2.45) is 17.8 Å². The fraction of sp³-hybridized carbons (Fsp3) is 0.692. The number of carbonyl (C=O) groups excluding carboxylic acids is 1. The first-order chi connectivity index (χ1) is 16.1. The second-order valence-corrected chi connectivity index (χ2v) is 13.4. The number of ketones is 1. The Bertz CT molecular complexity index is 1160. The van der Waals surface area contributed by atoms with E-state index < -0.39 is 10.0 Å². The molecule has 0 spiro atoms. The molecule has 34 heavy (non-hydrogen) atoms. The Hall–Kier alpha value is -1.77. The van der Waals surface area contributed by atoms with E-state index in [4.69, 9.17) is 9.72 Å². The number of ether oxygens (including phenoxy) is 1. The van der Waals surface area contributed by atoms with Crippen LogP contribution in [0.3, 0.4) is 0 Å². The fourth-order valence-corrected chi connectivity index (χ4v) is 6.83. The number of carbonyl (C=O) groups is 1. The zero-order chi connectivity index (χ0) is 24.1. The highest BCUT2D eigenvalue weighted by Crippen LogP contribution is 2.35. The van der Waals surface area contributed by atoms with E-state index in [0.29, 0.717) is 36.1 Å². The van der Waals surface area contributed by atoms with E-state index in [9.17, 15) is 13.2 Å². The highest BCUT2D eigenvalue weighted by Gasteiger charge is 2.38. The van der Waals surface area contributed by atoms with Crippen LogP contribution in [-0.2, 0) is 31.5 Å². The lowest BCUT2D eigenvalue weighted by atomic mass is 9.94. The molecule has 0 bridgehead atoms. The Kier molecular flexibility index (Phi) is 6.36. The van der Waals surface area contributed by atoms with Crippen LogP contribution in [0.2, 0.25) is 0 Å². The van der Waals surface area contributed by atoms with Crippen molar-refractivity contribution in [3.8, 4) is 0 Å². The summed E-state index contributed by atoms with van der Waals surface area (Å²) in [5.41, 5.74) is 1.59. The van der Waals surface area contributed by atoms with Crippen molar-refractivity contribution < 1.29 is 17.9 Å². The minimum atomic E-state index is -3.55. The van der Waals surface area contributed by atoms with Crippen LogP contribution in [0.25, 0.3) is 11.0 Å². The number of benzene rings is 1. The molecule has 8 heteroatoms. The zero-order valence-electron chi connectivity index (χ0n) is 20.6. The van der Waals surface area contributed by atoms with Crippen LogP contribution in [0.15, 0.2) is 23.1 Å². The zero-order valence-corrected chi connectivity index (χ0v) is 21.4. The molecular weight excluding hydrogens is 450 g/mol. The van der Waals surface area contributed by atoms with E-state index in [1.54, 1.807) is 16.4 Å². The molecule has 1 aliphatic carbocycles. The first-order valence-corrected chi connectivity index (χ1v) is 14.2. The van der Waals surface area contributed by atoms with Crippen LogP contribution in [0, 0.1) is 17.8 Å². The lowest BCUT2D eigenvalue weighted by molar-refractivity contribution is -0.120. The molecule has 0 amide bonds. The maximum absolute atomic E-state index is 13.3. The average Bonchev–Trinajstić information content (AvgIpc) is 3.54. The summed E-state index contributed by atoms with van der Waals surface area (Å²) in [5.74, 6) is 2.47. The van der Waals surface area contributed by atoms with Crippen LogP contribution < -0.4 is 0 Å². The number of Topliss-reactive ketones (excluding diaryl/α,β-unsaturated/α-hetero) is 1. The van der Waals surface area contributed by atoms with E-state index in [2.05, 4.69) is 25.3 Å². The Morgan fingerprint density at radius 3 is 2.44 bits per heavy atom. The second-order valence-electron chi connectivity index (χ2n) is 11.5. The summed E-state index contributed by atoms with van der Waals surface area (Å²) < 4.78 is 35.9. The largest absolute Gasteiger partial charge is 0.381 e. The van der Waals surface area contributed by atoms with Gasteiger partial charge in [-0.15, -0.1) is 0 Å². The highest BCUT2D eigenvalue weighted by molar-refractivity contribution is 7.89. The van der Waals surface area contributed by atoms with Gasteiger partial charge in [-0.3, -0.25) is 4.79 Å². The van der Waals surface area contributed by atoms with Gasteiger partial charge in [0.05, 0.1) is 15.9 Å². The van der Waals surface area contributed by atoms with Gasteiger partial charge >= 0.3 is 0 Å². The summed E-state index contributed by atoms with van der Waals surface area (Å²) in [6, 6.07) is 5.40. The van der Waals surface area contributed by atoms with Crippen LogP contribution >= 0.6 is 0 Å². The van der Waals surface area contributed by atoms with Crippen LogP contribution in [0.4, 0.5) is 0 Å². The number of hydrogen-bond acceptors (Lipinski definition) is 5. The minimum Gasteiger partial charge on any atom is -0.381 e. The van der Waals surface area contributed by atoms with E-state index in [1.165, 1.54) is 0 Å². The number of fused-ring (bicyclic) bond motifs is 1. The molecule has 3 fully saturated rings. The molecule has 2 aromatic rings. The lowest BCUT2D eigenvalue weighted by Crippen LogP contribution is -2.49. The molecule has 0 radical (unpaired) electrons. The van der Waals surface area contributed by atoms with Crippen molar-refractivity contribution in [2.75, 3.05) is 26.3 Å². The summed E-state index contributed by atoms with van der Waals surface area (Å²) in [4.78, 5) is 17.2. The second kappa shape index (κ2) is 9.03. The third kappa shape index (κ3) is 4.82. The molecule has 2 saturated heterocycles. The van der Waals surface area contributed by atoms with E-state index >= 15 is 0 Å². The number of hydrogen-bond donors (Lipinski definition) is 0. The topological polar surface area (TPSA) is 81.5 Å². The number of imidazole rings is 1. The van der Waals surface area contributed by atoms with Crippen molar-refractivity contribution in [3.63, 3.8) is 0 Å². The van der Waals surface area contributed by atoms with E-state index in [0.717, 1.165) is 68.7 Å². The first kappa shape index (κ1) is 23.9. The van der Waals surface area contributed by atoms with E-state index in [-0.39, 0.29) is 17.3 Å². The predicted molar refractivity (Wildman–Crippen MR) is 131 cm³/mol. The molecule has 7 nitrogen and oxygen atoms in total. The van der Waals surface area contributed by atoms with Crippen molar-refractivity contribution >= 4 is 26.8 Å². The first-order valence-electron chi connectivity index (χ1n) is 12.7. The summed E-state index contributed by atoms with van der Waals surface area (Å²) in [6.07, 6.45) is 5.54. The Morgan fingerprint density at radius 2 is 1.79 bits per heavy atom. The lowest BCUT2D eigenvalue weighted by Gasteiger charge is -2.38. The molecule has 1 aromatic heterocycles. The smallest absolute Gasteiger partial charge is 0.243 e. The molecule has 3 aliphatic rings. The van der Waals surface area contributed by atoms with Gasteiger partial charge < -0.3 is 9.30 Å². The number of sulfonamides is 1. The van der Waals surface area contributed by atoms with Crippen molar-refractivity contribution in [3.05, 3.63) is 24.0 Å². The molecule has 2 aliphatic heterocycles. The third-order valence-corrected chi connectivity index (χ3v) is 9.39. The fourth-order valence-electron chi connectivity index (χ4n) is 5.22. The summed E-state index contributed by atoms with van der Waals surface area (Å²) in [6.45, 7) is 9.95. The molecular formula is C26H37N3O4S. The number of aromatic nitrogens is 2. The molecule has 0 unspecified atom stereocenters. The summed E-state index contributed by atoms with van der Waals surface area (Å²) in [7, 11) is -3.55. The quantitative estimate of drug-likeness (QED) is 0.559. The number of nitrogens with zero attached hydrogens (tertiary/aromatic N) is 3. The van der Waals surface area contributed by atoms with Gasteiger partial charge in [-0.2, -0.15) is 4.31 Å². The summed E-state index contributed by atoms with van der Waals surface area (Å²) >= 11 is 0. The number of rotatable bonds is 8. The molecule has 186 valence electrons. The van der Waals surface area contributed by atoms with E-state index in [1.807, 2.05) is 6.07 Å². The van der Waals surface area contributed by atoms with Gasteiger partial charge in [0.2, 0.25) is 10.0 Å². The highest BCUT2D eigenvalue weighted by atomic mass is 32.2. The van der Waals surface area contributed by atoms with Crippen molar-refractivity contribution in [2.45, 2.75) is 76.2 Å². The Balaban J connectivity index is 1.33. The normalized spacial score (nSPS) is 21.1. The monoisotopic (exact) mass is 487 g/mol. The van der Waals surface area contributed by atoms with Gasteiger partial charge in [-0.05, 0) is 62.1 Å². The minimum absolute atomic E-state index is 0.147. The Labute approximate surface area is 202 Å². The van der Waals surface area contributed by atoms with Gasteiger partial charge in [-0.1, -0.05) is 20.8 Å². The van der Waals surface area contributed by atoms with Crippen LogP contribution in [0.5, 0.6) is 0 Å². The van der Waals surface area contributed by atoms with Gasteiger partial charge in [0.25, 0.3) is 0 Å². The SMILES string of the molecule is CC(C)(C)c1nc2cc(S(=O)(=O)N3CC(CCC(=O)C4CC4)C3)ccc2n1CC1CCOCC1. The molecule has 5 rings (SSSR count). The van der Waals surface area contributed by atoms with Gasteiger partial charge in [0.1, 0.15) is 11.6 Å². The molecule has 0 N–H and O–H groups in total. The average molecular weight is 488 g/mol. The maximum atomic E-state index is 13.3. The standard InChI is InChI=1S/C26H37N3O4S/c1-26(2,3)25-27-22-14-21(7-8-23(22)29(25)17-18-10-12-33-13-11-18)34(31,32)28-15-19(16-28)4-9-24(30)20-5-6-20/h7-8,14,18-20H,4-6,9-13,15-17H2,1-3H3. The predicted octanol–water partition coefficient (Wildman–Crippen LogP) is 4.14. The molecule has 1 aromatic carbocycles. The molecule has 0 atom stereocenters. The Morgan fingerprint density at radius 1 is 1.09 bits per heavy atom. The maximum Gasteiger partial charge on any atom is 0.243 e. The summed E-state index contributed by atoms with van der Waals surface area (Å²) in [5, 5.41) is 0. The molecule has 3 heterocycles. The van der Waals surface area contributed by atoms with Crippen LogP contribution in [0.1, 0.15) is 65.1 Å². The van der Waals surface area contributed by atoms with Gasteiger partial charge in [0.15, 0.2) is 0 Å². The van der Waals surface area contributed by atoms with Crippen LogP contribution in [-0.4, -0.2) is 54.4 Å². The molecule has 1 saturated carbocycles. The van der Waals surface area contributed by atoms with Gasteiger partial charge in [-0.25, -0.2) is 13.4 Å². The third-order valence-electron chi connectivity index (χ3n) is 7.57. The van der Waals surface area contributed by atoms with Crippen molar-refractivity contribution in [1.82, 2.24) is 13.9 Å².